The predicted molar refractivity (Wildman–Crippen MR) is 81.2 cm³/mol. The van der Waals surface area contributed by atoms with Crippen LogP contribution in [0.2, 0.25) is 0 Å². The molecule has 0 spiro atoms. The Balaban J connectivity index is 2.03. The number of thiazole rings is 1. The van der Waals surface area contributed by atoms with E-state index in [-0.39, 0.29) is 5.56 Å². The van der Waals surface area contributed by atoms with Gasteiger partial charge >= 0.3 is 5.97 Å². The highest BCUT2D eigenvalue weighted by atomic mass is 32.1. The molecular formula is C15H9N3O2S. The average Bonchev–Trinajstić information content (AvgIpc) is 3.12. The molecule has 4 rings (SSSR count). The summed E-state index contributed by atoms with van der Waals surface area (Å²) in [5.41, 5.74) is 5.13. The molecule has 102 valence electrons. The van der Waals surface area contributed by atoms with Crippen molar-refractivity contribution in [3.8, 4) is 5.69 Å². The smallest absolute Gasteiger partial charge is 0.337 e. The van der Waals surface area contributed by atoms with Gasteiger partial charge in [-0.25, -0.2) is 14.8 Å². The first-order chi connectivity index (χ1) is 10.2. The van der Waals surface area contributed by atoms with Gasteiger partial charge in [-0.15, -0.1) is 11.3 Å². The molecule has 0 aliphatic rings. The minimum Gasteiger partial charge on any atom is -0.478 e. The number of carboxylic acid groups (broad SMARTS) is 1. The molecule has 2 aromatic heterocycles. The highest BCUT2D eigenvalue weighted by molar-refractivity contribution is 7.16. The van der Waals surface area contributed by atoms with E-state index < -0.39 is 5.97 Å². The van der Waals surface area contributed by atoms with E-state index in [1.165, 1.54) is 0 Å². The molecule has 0 amide bonds. The fourth-order valence-electron chi connectivity index (χ4n) is 2.43. The van der Waals surface area contributed by atoms with Crippen LogP contribution in [-0.2, 0) is 0 Å². The lowest BCUT2D eigenvalue weighted by molar-refractivity contribution is 0.0698. The van der Waals surface area contributed by atoms with E-state index in [0.29, 0.717) is 11.0 Å². The maximum atomic E-state index is 11.4. The van der Waals surface area contributed by atoms with E-state index in [9.17, 15) is 9.90 Å². The Hall–Kier alpha value is -2.73. The fraction of sp³-hybridized carbons (Fsp3) is 0. The maximum absolute atomic E-state index is 11.4. The minimum atomic E-state index is -0.957. The van der Waals surface area contributed by atoms with Crippen molar-refractivity contribution < 1.29 is 9.90 Å². The van der Waals surface area contributed by atoms with Gasteiger partial charge in [0.15, 0.2) is 0 Å². The second-order valence-electron chi connectivity index (χ2n) is 4.60. The number of carbonyl (C=O) groups is 1. The van der Waals surface area contributed by atoms with Crippen LogP contribution in [0, 0.1) is 0 Å². The monoisotopic (exact) mass is 295 g/mol. The van der Waals surface area contributed by atoms with E-state index in [2.05, 4.69) is 9.97 Å². The first kappa shape index (κ1) is 12.0. The van der Waals surface area contributed by atoms with Gasteiger partial charge in [-0.1, -0.05) is 6.07 Å². The molecule has 0 radical (unpaired) electrons. The van der Waals surface area contributed by atoms with Crippen molar-refractivity contribution in [2.75, 3.05) is 0 Å². The summed E-state index contributed by atoms with van der Waals surface area (Å²) >= 11 is 1.55. The van der Waals surface area contributed by atoms with Crippen LogP contribution < -0.4 is 0 Å². The summed E-state index contributed by atoms with van der Waals surface area (Å²) in [4.78, 5) is 20.0. The van der Waals surface area contributed by atoms with Gasteiger partial charge in [-0.3, -0.25) is 4.57 Å². The van der Waals surface area contributed by atoms with Crippen molar-refractivity contribution in [1.82, 2.24) is 14.5 Å². The summed E-state index contributed by atoms with van der Waals surface area (Å²) in [7, 11) is 0. The number of benzene rings is 2. The van der Waals surface area contributed by atoms with E-state index in [0.717, 1.165) is 15.9 Å². The Morgan fingerprint density at radius 1 is 1.14 bits per heavy atom. The normalized spacial score (nSPS) is 11.2. The molecule has 0 aliphatic heterocycles. The molecule has 0 saturated heterocycles. The molecule has 0 saturated carbocycles. The van der Waals surface area contributed by atoms with E-state index in [1.54, 1.807) is 39.9 Å². The lowest BCUT2D eigenvalue weighted by atomic mass is 10.1. The number of aromatic carboxylic acids is 1. The zero-order valence-corrected chi connectivity index (χ0v) is 11.5. The van der Waals surface area contributed by atoms with E-state index in [4.69, 9.17) is 0 Å². The number of aromatic nitrogens is 3. The van der Waals surface area contributed by atoms with Gasteiger partial charge in [0.2, 0.25) is 0 Å². The van der Waals surface area contributed by atoms with Crippen LogP contribution in [0.15, 0.2) is 48.2 Å². The third kappa shape index (κ3) is 1.80. The van der Waals surface area contributed by atoms with Crippen LogP contribution in [0.3, 0.4) is 0 Å². The summed E-state index contributed by atoms with van der Waals surface area (Å²) in [6.45, 7) is 0. The molecule has 21 heavy (non-hydrogen) atoms. The van der Waals surface area contributed by atoms with Crippen molar-refractivity contribution in [1.29, 1.82) is 0 Å². The number of fused-ring (bicyclic) bond motifs is 2. The van der Waals surface area contributed by atoms with Gasteiger partial charge in [-0.05, 0) is 30.3 Å². The standard InChI is InChI=1S/C15H9N3O2S/c19-15(20)10-2-1-3-12-14(10)18(7-16-12)9-4-5-11-13(6-9)21-8-17-11/h1-8H,(H,19,20). The van der Waals surface area contributed by atoms with Gasteiger partial charge in [0.25, 0.3) is 0 Å². The Labute approximate surface area is 123 Å². The lowest BCUT2D eigenvalue weighted by Crippen LogP contribution is -2.01. The van der Waals surface area contributed by atoms with Crippen LogP contribution in [-0.4, -0.2) is 25.6 Å². The third-order valence-electron chi connectivity index (χ3n) is 3.39. The van der Waals surface area contributed by atoms with Gasteiger partial charge in [0, 0.05) is 5.69 Å². The molecule has 4 aromatic rings. The largest absolute Gasteiger partial charge is 0.478 e. The number of carboxylic acids is 1. The number of hydrogen-bond donors (Lipinski definition) is 1. The van der Waals surface area contributed by atoms with Crippen LogP contribution in [0.5, 0.6) is 0 Å². The minimum absolute atomic E-state index is 0.245. The van der Waals surface area contributed by atoms with Crippen LogP contribution >= 0.6 is 11.3 Å². The van der Waals surface area contributed by atoms with Gasteiger partial charge in [0.05, 0.1) is 32.3 Å². The van der Waals surface area contributed by atoms with Gasteiger partial charge < -0.3 is 5.11 Å². The third-order valence-corrected chi connectivity index (χ3v) is 4.18. The zero-order valence-electron chi connectivity index (χ0n) is 10.7. The van der Waals surface area contributed by atoms with Crippen molar-refractivity contribution in [2.45, 2.75) is 0 Å². The van der Waals surface area contributed by atoms with Gasteiger partial charge in [-0.2, -0.15) is 0 Å². The number of rotatable bonds is 2. The second-order valence-corrected chi connectivity index (χ2v) is 5.48. The molecule has 6 heteroatoms. The topological polar surface area (TPSA) is 68.0 Å². The summed E-state index contributed by atoms with van der Waals surface area (Å²) < 4.78 is 2.86. The summed E-state index contributed by atoms with van der Waals surface area (Å²) in [6.07, 6.45) is 1.65. The number of nitrogens with zero attached hydrogens (tertiary/aromatic N) is 3. The Kier molecular flexibility index (Phi) is 2.52. The molecule has 0 aliphatic carbocycles. The summed E-state index contributed by atoms with van der Waals surface area (Å²) in [6, 6.07) is 10.9. The molecule has 2 aromatic carbocycles. The van der Waals surface area contributed by atoms with E-state index >= 15 is 0 Å². The van der Waals surface area contributed by atoms with Crippen molar-refractivity contribution in [3.63, 3.8) is 0 Å². The summed E-state index contributed by atoms with van der Waals surface area (Å²) in [5, 5.41) is 9.36. The lowest BCUT2D eigenvalue weighted by Gasteiger charge is -2.06. The SMILES string of the molecule is O=C(O)c1cccc2ncn(-c3ccc4ncsc4c3)c12. The average molecular weight is 295 g/mol. The van der Waals surface area contributed by atoms with Crippen LogP contribution in [0.25, 0.3) is 26.9 Å². The molecule has 2 heterocycles. The highest BCUT2D eigenvalue weighted by Gasteiger charge is 2.14. The van der Waals surface area contributed by atoms with Crippen LogP contribution in [0.4, 0.5) is 0 Å². The quantitative estimate of drug-likeness (QED) is 0.616. The molecule has 0 unspecified atom stereocenters. The molecule has 0 atom stereocenters. The molecule has 0 bridgehead atoms. The maximum Gasteiger partial charge on any atom is 0.337 e. The molecular weight excluding hydrogens is 286 g/mol. The predicted octanol–water partition coefficient (Wildman–Crippen LogP) is 3.33. The van der Waals surface area contributed by atoms with E-state index in [1.807, 2.05) is 24.3 Å². The molecule has 1 N–H and O–H groups in total. The van der Waals surface area contributed by atoms with Crippen molar-refractivity contribution in [2.24, 2.45) is 0 Å². The van der Waals surface area contributed by atoms with Gasteiger partial charge in [0.1, 0.15) is 6.33 Å². The first-order valence-corrected chi connectivity index (χ1v) is 7.15. The van der Waals surface area contributed by atoms with Crippen molar-refractivity contribution in [3.05, 3.63) is 53.8 Å². The summed E-state index contributed by atoms with van der Waals surface area (Å²) in [5.74, 6) is -0.957. The fourth-order valence-corrected chi connectivity index (χ4v) is 3.14. The molecule has 5 nitrogen and oxygen atoms in total. The zero-order chi connectivity index (χ0) is 14.4. The molecule has 0 fully saturated rings. The van der Waals surface area contributed by atoms with Crippen molar-refractivity contribution >= 4 is 38.6 Å². The Morgan fingerprint density at radius 3 is 2.90 bits per heavy atom. The van der Waals surface area contributed by atoms with Crippen LogP contribution in [0.1, 0.15) is 10.4 Å². The first-order valence-electron chi connectivity index (χ1n) is 6.27. The number of para-hydroxylation sites is 1. The Morgan fingerprint density at radius 2 is 2.05 bits per heavy atom. The second kappa shape index (κ2) is 4.39. The number of hydrogen-bond acceptors (Lipinski definition) is 4. The Bertz CT molecular complexity index is 987. The highest BCUT2D eigenvalue weighted by Crippen LogP contribution is 2.25. The number of imidazole rings is 1.